The molecule has 6 heteroatoms. The number of aliphatic hydroxyl groups excluding tert-OH is 1. The third-order valence-electron chi connectivity index (χ3n) is 3.10. The Morgan fingerprint density at radius 3 is 2.35 bits per heavy atom. The van der Waals surface area contributed by atoms with Gasteiger partial charge in [0.1, 0.15) is 0 Å². The molecule has 0 spiro atoms. The standard InChI is InChI=1S/C14H21F3N2O/c1-18-13(12-5-3-2-4-6-12)7-8-19(9-10-20)11-14(15,16)17/h2-6,13,18,20H,7-11H2,1H3. The molecule has 0 saturated heterocycles. The van der Waals surface area contributed by atoms with Crippen LogP contribution >= 0.6 is 0 Å². The second kappa shape index (κ2) is 8.24. The van der Waals surface area contributed by atoms with Gasteiger partial charge in [-0.15, -0.1) is 0 Å². The maximum Gasteiger partial charge on any atom is 0.401 e. The number of benzene rings is 1. The monoisotopic (exact) mass is 290 g/mol. The lowest BCUT2D eigenvalue weighted by molar-refractivity contribution is -0.147. The molecule has 0 heterocycles. The molecule has 1 rings (SSSR count). The van der Waals surface area contributed by atoms with Gasteiger partial charge in [-0.2, -0.15) is 13.2 Å². The van der Waals surface area contributed by atoms with E-state index in [1.54, 1.807) is 7.05 Å². The molecule has 0 aliphatic rings. The maximum absolute atomic E-state index is 12.4. The first-order valence-corrected chi connectivity index (χ1v) is 6.58. The van der Waals surface area contributed by atoms with E-state index in [9.17, 15) is 13.2 Å². The highest BCUT2D eigenvalue weighted by Crippen LogP contribution is 2.19. The Balaban J connectivity index is 2.56. The first kappa shape index (κ1) is 16.9. The Morgan fingerprint density at radius 2 is 1.85 bits per heavy atom. The zero-order valence-corrected chi connectivity index (χ0v) is 11.5. The SMILES string of the molecule is CNC(CCN(CCO)CC(F)(F)F)c1ccccc1. The summed E-state index contributed by atoms with van der Waals surface area (Å²) in [7, 11) is 1.79. The molecular weight excluding hydrogens is 269 g/mol. The molecule has 0 amide bonds. The van der Waals surface area contributed by atoms with Gasteiger partial charge < -0.3 is 10.4 Å². The second-order valence-corrected chi connectivity index (χ2v) is 4.66. The van der Waals surface area contributed by atoms with Gasteiger partial charge in [-0.25, -0.2) is 0 Å². The molecule has 1 aromatic rings. The number of hydrogen-bond donors (Lipinski definition) is 2. The van der Waals surface area contributed by atoms with Crippen LogP contribution in [0.4, 0.5) is 13.2 Å². The summed E-state index contributed by atoms with van der Waals surface area (Å²) in [5.41, 5.74) is 1.05. The molecule has 0 aromatic heterocycles. The molecule has 1 atom stereocenters. The minimum Gasteiger partial charge on any atom is -0.395 e. The summed E-state index contributed by atoms with van der Waals surface area (Å²) in [6, 6.07) is 9.60. The van der Waals surface area contributed by atoms with Gasteiger partial charge in [-0.1, -0.05) is 30.3 Å². The predicted molar refractivity (Wildman–Crippen MR) is 72.4 cm³/mol. The quantitative estimate of drug-likeness (QED) is 0.770. The Hall–Kier alpha value is -1.11. The molecule has 2 N–H and O–H groups in total. The highest BCUT2D eigenvalue weighted by atomic mass is 19.4. The molecule has 20 heavy (non-hydrogen) atoms. The van der Waals surface area contributed by atoms with Crippen molar-refractivity contribution in [2.24, 2.45) is 0 Å². The van der Waals surface area contributed by atoms with Crippen molar-refractivity contribution in [3.8, 4) is 0 Å². The van der Waals surface area contributed by atoms with Crippen molar-refractivity contribution in [1.82, 2.24) is 10.2 Å². The van der Waals surface area contributed by atoms with Crippen LogP contribution in [0.1, 0.15) is 18.0 Å². The van der Waals surface area contributed by atoms with Crippen molar-refractivity contribution in [3.05, 3.63) is 35.9 Å². The van der Waals surface area contributed by atoms with E-state index >= 15 is 0 Å². The van der Waals surface area contributed by atoms with E-state index in [0.29, 0.717) is 6.42 Å². The molecule has 0 bridgehead atoms. The first-order valence-electron chi connectivity index (χ1n) is 6.58. The number of aliphatic hydroxyl groups is 1. The number of hydrogen-bond acceptors (Lipinski definition) is 3. The van der Waals surface area contributed by atoms with Crippen molar-refractivity contribution in [2.45, 2.75) is 18.6 Å². The summed E-state index contributed by atoms with van der Waals surface area (Å²) in [6.45, 7) is -0.949. The minimum atomic E-state index is -4.24. The van der Waals surface area contributed by atoms with E-state index in [0.717, 1.165) is 5.56 Å². The van der Waals surface area contributed by atoms with Gasteiger partial charge in [0, 0.05) is 19.1 Å². The van der Waals surface area contributed by atoms with Gasteiger partial charge in [0.25, 0.3) is 0 Å². The largest absolute Gasteiger partial charge is 0.401 e. The smallest absolute Gasteiger partial charge is 0.395 e. The summed E-state index contributed by atoms with van der Waals surface area (Å²) in [5, 5.41) is 12.0. The fourth-order valence-corrected chi connectivity index (χ4v) is 2.14. The average molecular weight is 290 g/mol. The first-order chi connectivity index (χ1) is 9.46. The molecule has 3 nitrogen and oxygen atoms in total. The van der Waals surface area contributed by atoms with Crippen LogP contribution in [-0.4, -0.2) is 49.5 Å². The van der Waals surface area contributed by atoms with Crippen molar-refractivity contribution < 1.29 is 18.3 Å². The summed E-state index contributed by atoms with van der Waals surface area (Å²) in [6.07, 6.45) is -3.69. The van der Waals surface area contributed by atoms with Crippen molar-refractivity contribution >= 4 is 0 Å². The van der Waals surface area contributed by atoms with Crippen LogP contribution in [0.15, 0.2) is 30.3 Å². The second-order valence-electron chi connectivity index (χ2n) is 4.66. The molecule has 1 aromatic carbocycles. The molecule has 0 saturated carbocycles. The van der Waals surface area contributed by atoms with Gasteiger partial charge in [0.15, 0.2) is 0 Å². The maximum atomic E-state index is 12.4. The van der Waals surface area contributed by atoms with Crippen molar-refractivity contribution in [2.75, 3.05) is 33.3 Å². The Labute approximate surface area is 117 Å². The average Bonchev–Trinajstić information content (AvgIpc) is 2.39. The minimum absolute atomic E-state index is 0.00521. The third-order valence-corrected chi connectivity index (χ3v) is 3.10. The molecular formula is C14H21F3N2O. The van der Waals surface area contributed by atoms with E-state index in [1.807, 2.05) is 30.3 Å². The summed E-state index contributed by atoms with van der Waals surface area (Å²) < 4.78 is 37.3. The molecule has 0 aliphatic carbocycles. The van der Waals surface area contributed by atoms with E-state index in [-0.39, 0.29) is 25.7 Å². The molecule has 1 unspecified atom stereocenters. The Kier molecular flexibility index (Phi) is 6.98. The highest BCUT2D eigenvalue weighted by molar-refractivity contribution is 5.18. The topological polar surface area (TPSA) is 35.5 Å². The van der Waals surface area contributed by atoms with Crippen molar-refractivity contribution in [1.29, 1.82) is 0 Å². The Bertz CT molecular complexity index is 370. The number of nitrogens with one attached hydrogen (secondary N) is 1. The van der Waals surface area contributed by atoms with Gasteiger partial charge in [0.05, 0.1) is 13.2 Å². The van der Waals surface area contributed by atoms with Crippen LogP contribution in [0.5, 0.6) is 0 Å². The Morgan fingerprint density at radius 1 is 1.20 bits per heavy atom. The fourth-order valence-electron chi connectivity index (χ4n) is 2.14. The molecule has 0 fully saturated rings. The lowest BCUT2D eigenvalue weighted by Gasteiger charge is -2.25. The zero-order valence-electron chi connectivity index (χ0n) is 11.5. The number of rotatable bonds is 8. The van der Waals surface area contributed by atoms with Crippen LogP contribution in [0, 0.1) is 0 Å². The number of nitrogens with zero attached hydrogens (tertiary/aromatic N) is 1. The zero-order chi connectivity index (χ0) is 15.0. The van der Waals surface area contributed by atoms with E-state index in [2.05, 4.69) is 5.32 Å². The molecule has 0 aliphatic heterocycles. The predicted octanol–water partition coefficient (Wildman–Crippen LogP) is 2.19. The van der Waals surface area contributed by atoms with E-state index < -0.39 is 12.7 Å². The normalized spacial score (nSPS) is 13.7. The van der Waals surface area contributed by atoms with Crippen LogP contribution in [-0.2, 0) is 0 Å². The van der Waals surface area contributed by atoms with E-state index in [4.69, 9.17) is 5.11 Å². The summed E-state index contributed by atoms with van der Waals surface area (Å²) >= 11 is 0. The van der Waals surface area contributed by atoms with E-state index in [1.165, 1.54) is 4.90 Å². The van der Waals surface area contributed by atoms with Gasteiger partial charge in [-0.05, 0) is 19.0 Å². The van der Waals surface area contributed by atoms with Crippen LogP contribution < -0.4 is 5.32 Å². The van der Waals surface area contributed by atoms with Crippen LogP contribution in [0.2, 0.25) is 0 Å². The number of alkyl halides is 3. The lowest BCUT2D eigenvalue weighted by atomic mass is 10.0. The van der Waals surface area contributed by atoms with Gasteiger partial charge >= 0.3 is 6.18 Å². The highest BCUT2D eigenvalue weighted by Gasteiger charge is 2.30. The lowest BCUT2D eigenvalue weighted by Crippen LogP contribution is -2.38. The van der Waals surface area contributed by atoms with Crippen molar-refractivity contribution in [3.63, 3.8) is 0 Å². The van der Waals surface area contributed by atoms with Crippen LogP contribution in [0.25, 0.3) is 0 Å². The molecule has 114 valence electrons. The summed E-state index contributed by atoms with van der Waals surface area (Å²) in [4.78, 5) is 1.23. The summed E-state index contributed by atoms with van der Waals surface area (Å²) in [5.74, 6) is 0. The number of halogens is 3. The van der Waals surface area contributed by atoms with Gasteiger partial charge in [0.2, 0.25) is 0 Å². The molecule has 0 radical (unpaired) electrons. The fraction of sp³-hybridized carbons (Fsp3) is 0.571. The third kappa shape index (κ3) is 6.36. The van der Waals surface area contributed by atoms with Crippen LogP contribution in [0.3, 0.4) is 0 Å². The van der Waals surface area contributed by atoms with Gasteiger partial charge in [-0.3, -0.25) is 4.90 Å².